The first-order valence-corrected chi connectivity index (χ1v) is 11.2. The number of nitrogens with one attached hydrogen (secondary N) is 1. The summed E-state index contributed by atoms with van der Waals surface area (Å²) in [6, 6.07) is 5.77. The lowest BCUT2D eigenvalue weighted by Gasteiger charge is -2.22. The van der Waals surface area contributed by atoms with Gasteiger partial charge in [0, 0.05) is 5.02 Å². The van der Waals surface area contributed by atoms with Gasteiger partial charge in [-0.25, -0.2) is 13.2 Å². The highest BCUT2D eigenvalue weighted by Crippen LogP contribution is 2.24. The van der Waals surface area contributed by atoms with E-state index in [0.717, 1.165) is 0 Å². The second kappa shape index (κ2) is 9.13. The third-order valence-electron chi connectivity index (χ3n) is 3.65. The van der Waals surface area contributed by atoms with Crippen LogP contribution < -0.4 is 5.32 Å². The molecular weight excluding hydrogens is 418 g/mol. The minimum absolute atomic E-state index is 0.0132. The van der Waals surface area contributed by atoms with Gasteiger partial charge in [0.15, 0.2) is 0 Å². The summed E-state index contributed by atoms with van der Waals surface area (Å²) in [5.41, 5.74) is -0.131. The molecular formula is C19H26ClN3O5S. The number of ether oxygens (including phenoxy) is 1. The molecule has 10 heteroatoms. The Hall–Kier alpha value is -2.13. The zero-order chi connectivity index (χ0) is 21.8. The van der Waals surface area contributed by atoms with Gasteiger partial charge in [0.05, 0.1) is 5.75 Å². The monoisotopic (exact) mass is 443 g/mol. The lowest BCUT2D eigenvalue weighted by Crippen LogP contribution is -2.35. The number of carbonyl (C=O) groups is 1. The number of amides is 1. The Morgan fingerprint density at radius 3 is 2.38 bits per heavy atom. The first-order chi connectivity index (χ1) is 13.4. The number of aromatic nitrogens is 2. The summed E-state index contributed by atoms with van der Waals surface area (Å²) >= 11 is 5.83. The maximum absolute atomic E-state index is 12.6. The fourth-order valence-corrected chi connectivity index (χ4v) is 3.75. The predicted octanol–water partition coefficient (Wildman–Crippen LogP) is 4.31. The van der Waals surface area contributed by atoms with Crippen molar-refractivity contribution >= 4 is 27.5 Å². The first-order valence-electron chi connectivity index (χ1n) is 9.16. The van der Waals surface area contributed by atoms with Crippen molar-refractivity contribution in [2.45, 2.75) is 63.7 Å². The second-order valence-corrected chi connectivity index (χ2v) is 10.4. The van der Waals surface area contributed by atoms with Crippen LogP contribution in [0.2, 0.25) is 5.02 Å². The van der Waals surface area contributed by atoms with Gasteiger partial charge in [0.2, 0.25) is 15.7 Å². The molecule has 0 aliphatic rings. The van der Waals surface area contributed by atoms with Gasteiger partial charge < -0.3 is 14.5 Å². The Morgan fingerprint density at radius 2 is 1.83 bits per heavy atom. The van der Waals surface area contributed by atoms with Crippen molar-refractivity contribution in [3.8, 4) is 0 Å². The SMILES string of the molecule is CC(C)C[C@@H](NC(=O)OC(C)(C)C)c1nnc(S(=O)(=O)Cc2ccc(Cl)cc2)o1. The molecule has 2 rings (SSSR count). The summed E-state index contributed by atoms with van der Waals surface area (Å²) in [4.78, 5) is 12.1. The maximum atomic E-state index is 12.6. The van der Waals surface area contributed by atoms with Crippen LogP contribution in [0.15, 0.2) is 33.9 Å². The summed E-state index contributed by atoms with van der Waals surface area (Å²) in [5.74, 6) is -0.115. The zero-order valence-corrected chi connectivity index (χ0v) is 18.7. The highest BCUT2D eigenvalue weighted by atomic mass is 35.5. The van der Waals surface area contributed by atoms with Gasteiger partial charge >= 0.3 is 11.3 Å². The van der Waals surface area contributed by atoms with Crippen LogP contribution in [0.1, 0.15) is 58.5 Å². The van der Waals surface area contributed by atoms with Gasteiger partial charge in [-0.2, -0.15) is 0 Å². The van der Waals surface area contributed by atoms with Gasteiger partial charge in [-0.1, -0.05) is 42.7 Å². The summed E-state index contributed by atoms with van der Waals surface area (Å²) in [6.45, 7) is 9.16. The van der Waals surface area contributed by atoms with E-state index in [1.54, 1.807) is 45.0 Å². The number of carbonyl (C=O) groups excluding carboxylic acids is 1. The molecule has 0 aliphatic carbocycles. The van der Waals surface area contributed by atoms with Crippen molar-refractivity contribution in [2.75, 3.05) is 0 Å². The molecule has 1 amide bonds. The van der Waals surface area contributed by atoms with E-state index in [9.17, 15) is 13.2 Å². The van der Waals surface area contributed by atoms with Gasteiger partial charge in [0.1, 0.15) is 11.6 Å². The molecule has 1 aromatic carbocycles. The summed E-state index contributed by atoms with van der Waals surface area (Å²) in [5, 5.41) is 10.2. The van der Waals surface area contributed by atoms with Crippen molar-refractivity contribution in [1.82, 2.24) is 15.5 Å². The molecule has 1 heterocycles. The molecule has 8 nitrogen and oxygen atoms in total. The molecule has 1 N–H and O–H groups in total. The Labute approximate surface area is 175 Å². The Kier molecular flexibility index (Phi) is 7.29. The molecule has 0 saturated carbocycles. The first kappa shape index (κ1) is 23.2. The predicted molar refractivity (Wildman–Crippen MR) is 108 cm³/mol. The van der Waals surface area contributed by atoms with Gasteiger partial charge in [0.25, 0.3) is 0 Å². The van der Waals surface area contributed by atoms with E-state index in [1.165, 1.54) is 0 Å². The van der Waals surface area contributed by atoms with Crippen LogP contribution in [0.4, 0.5) is 4.79 Å². The number of benzene rings is 1. The second-order valence-electron chi connectivity index (χ2n) is 8.12. The van der Waals surface area contributed by atoms with Crippen molar-refractivity contribution in [1.29, 1.82) is 0 Å². The van der Waals surface area contributed by atoms with Crippen LogP contribution in [0.25, 0.3) is 0 Å². The highest BCUT2D eigenvalue weighted by Gasteiger charge is 2.29. The molecule has 160 valence electrons. The third kappa shape index (κ3) is 7.32. The van der Waals surface area contributed by atoms with Crippen molar-refractivity contribution < 1.29 is 22.4 Å². The zero-order valence-electron chi connectivity index (χ0n) is 17.1. The standard InChI is InChI=1S/C19H26ClN3O5S/c1-12(2)10-15(21-17(24)28-19(3,4)5)16-22-23-18(27-16)29(25,26)11-13-6-8-14(20)9-7-13/h6-9,12,15H,10-11H2,1-5H3,(H,21,24)/t15-/m1/s1. The number of rotatable bonds is 7. The van der Waals surface area contributed by atoms with Gasteiger partial charge in [-0.15, -0.1) is 5.10 Å². The average molecular weight is 444 g/mol. The van der Waals surface area contributed by atoms with Crippen molar-refractivity contribution in [2.24, 2.45) is 5.92 Å². The largest absolute Gasteiger partial charge is 0.444 e. The summed E-state index contributed by atoms with van der Waals surface area (Å²) in [7, 11) is -3.85. The van der Waals surface area contributed by atoms with Crippen molar-refractivity contribution in [3.63, 3.8) is 0 Å². The van der Waals surface area contributed by atoms with E-state index in [1.807, 2.05) is 13.8 Å². The fourth-order valence-electron chi connectivity index (χ4n) is 2.49. The lowest BCUT2D eigenvalue weighted by atomic mass is 10.0. The van der Waals surface area contributed by atoms with Crippen LogP contribution >= 0.6 is 11.6 Å². The third-order valence-corrected chi connectivity index (χ3v) is 5.32. The van der Waals surface area contributed by atoms with E-state index in [-0.39, 0.29) is 17.6 Å². The molecule has 0 unspecified atom stereocenters. The molecule has 1 aromatic heterocycles. The number of hydrogen-bond donors (Lipinski definition) is 1. The normalized spacial score (nSPS) is 13.3. The fraction of sp³-hybridized carbons (Fsp3) is 0.526. The minimum Gasteiger partial charge on any atom is -0.444 e. The molecule has 0 saturated heterocycles. The lowest BCUT2D eigenvalue weighted by molar-refractivity contribution is 0.0487. The van der Waals surface area contributed by atoms with Crippen molar-refractivity contribution in [3.05, 3.63) is 40.7 Å². The van der Waals surface area contributed by atoms with E-state index in [0.29, 0.717) is 17.0 Å². The summed E-state index contributed by atoms with van der Waals surface area (Å²) < 4.78 is 35.9. The number of halogens is 1. The molecule has 0 bridgehead atoms. The van der Waals surface area contributed by atoms with Crippen LogP contribution in [0.5, 0.6) is 0 Å². The number of sulfone groups is 1. The van der Waals surface area contributed by atoms with Crippen LogP contribution in [-0.4, -0.2) is 30.3 Å². The van der Waals surface area contributed by atoms with Gasteiger partial charge in [-0.05, 0) is 50.8 Å². The number of alkyl carbamates (subject to hydrolysis) is 1. The average Bonchev–Trinajstić information content (AvgIpc) is 3.05. The Balaban J connectivity index is 2.20. The highest BCUT2D eigenvalue weighted by molar-refractivity contribution is 7.90. The minimum atomic E-state index is -3.85. The van der Waals surface area contributed by atoms with Crippen LogP contribution in [0.3, 0.4) is 0 Å². The Bertz CT molecular complexity index is 933. The van der Waals surface area contributed by atoms with E-state index in [4.69, 9.17) is 20.8 Å². The topological polar surface area (TPSA) is 111 Å². The Morgan fingerprint density at radius 1 is 1.21 bits per heavy atom. The maximum Gasteiger partial charge on any atom is 0.408 e. The van der Waals surface area contributed by atoms with E-state index >= 15 is 0 Å². The molecule has 1 atom stereocenters. The summed E-state index contributed by atoms with van der Waals surface area (Å²) in [6.07, 6.45) is -0.176. The van der Waals surface area contributed by atoms with Gasteiger partial charge in [-0.3, -0.25) is 0 Å². The molecule has 0 aliphatic heterocycles. The van der Waals surface area contributed by atoms with Crippen LogP contribution in [-0.2, 0) is 20.3 Å². The van der Waals surface area contributed by atoms with Crippen LogP contribution in [0, 0.1) is 5.92 Å². The molecule has 0 fully saturated rings. The smallest absolute Gasteiger partial charge is 0.408 e. The number of hydrogen-bond acceptors (Lipinski definition) is 7. The molecule has 0 spiro atoms. The quantitative estimate of drug-likeness (QED) is 0.678. The molecule has 0 radical (unpaired) electrons. The molecule has 29 heavy (non-hydrogen) atoms. The van der Waals surface area contributed by atoms with E-state index < -0.39 is 32.8 Å². The van der Waals surface area contributed by atoms with E-state index in [2.05, 4.69) is 15.5 Å². The molecule has 2 aromatic rings. The number of nitrogens with zero attached hydrogens (tertiary/aromatic N) is 2.